The van der Waals surface area contributed by atoms with E-state index in [4.69, 9.17) is 4.74 Å². The molecule has 1 atom stereocenters. The third-order valence-electron chi connectivity index (χ3n) is 6.48. The fourth-order valence-corrected chi connectivity index (χ4v) is 5.23. The minimum atomic E-state index is -0.145. The van der Waals surface area contributed by atoms with Crippen LogP contribution < -0.4 is 4.74 Å². The van der Waals surface area contributed by atoms with Crippen LogP contribution in [0.1, 0.15) is 75.9 Å². The monoisotopic (exact) mass is 484 g/mol. The van der Waals surface area contributed by atoms with Crippen molar-refractivity contribution in [3.8, 4) is 5.75 Å². The molecule has 0 saturated carbocycles. The smallest absolute Gasteiger partial charge is 0.242 e. The quantitative estimate of drug-likeness (QED) is 0.421. The number of amides is 2. The molecule has 1 aliphatic rings. The van der Waals surface area contributed by atoms with E-state index in [1.807, 2.05) is 30.9 Å². The number of carbonyl (C=O) groups excluding carboxylic acids is 2. The van der Waals surface area contributed by atoms with Gasteiger partial charge in [0.1, 0.15) is 12.4 Å². The maximum absolute atomic E-state index is 13.5. The summed E-state index contributed by atoms with van der Waals surface area (Å²) in [7, 11) is 0. The zero-order chi connectivity index (χ0) is 24.8. The van der Waals surface area contributed by atoms with Gasteiger partial charge in [-0.1, -0.05) is 53.7 Å². The van der Waals surface area contributed by atoms with Crippen LogP contribution in [0, 0.1) is 11.8 Å². The van der Waals surface area contributed by atoms with Gasteiger partial charge in [0.25, 0.3) is 0 Å². The van der Waals surface area contributed by atoms with E-state index in [2.05, 4.69) is 51.3 Å². The van der Waals surface area contributed by atoms with Crippen molar-refractivity contribution < 1.29 is 14.3 Å². The SMILES string of the molecule is CC(C)CCN(CC(=O)N1CCc2sccc2[C@H]1COc1ccc(C(C)C)cc1)C(=O)C(C)C. The number of fused-ring (bicyclic) bond motifs is 1. The van der Waals surface area contributed by atoms with Crippen LogP contribution in [0.5, 0.6) is 5.75 Å². The summed E-state index contributed by atoms with van der Waals surface area (Å²) < 4.78 is 6.19. The van der Waals surface area contributed by atoms with E-state index >= 15 is 0 Å². The maximum Gasteiger partial charge on any atom is 0.242 e. The topological polar surface area (TPSA) is 49.9 Å². The van der Waals surface area contributed by atoms with Crippen LogP contribution in [0.15, 0.2) is 35.7 Å². The fourth-order valence-electron chi connectivity index (χ4n) is 4.30. The van der Waals surface area contributed by atoms with Crippen molar-refractivity contribution in [2.24, 2.45) is 11.8 Å². The molecule has 3 rings (SSSR count). The Hall–Kier alpha value is -2.34. The Labute approximate surface area is 209 Å². The minimum absolute atomic E-state index is 0.00152. The van der Waals surface area contributed by atoms with Gasteiger partial charge in [-0.2, -0.15) is 0 Å². The summed E-state index contributed by atoms with van der Waals surface area (Å²) in [4.78, 5) is 31.4. The first-order valence-electron chi connectivity index (χ1n) is 12.5. The first-order chi connectivity index (χ1) is 16.2. The summed E-state index contributed by atoms with van der Waals surface area (Å²) in [5.74, 6) is 1.68. The second-order valence-electron chi connectivity index (χ2n) is 10.3. The molecule has 0 unspecified atom stereocenters. The molecule has 186 valence electrons. The molecule has 1 aliphatic heterocycles. The average molecular weight is 485 g/mol. The van der Waals surface area contributed by atoms with Gasteiger partial charge in [0.2, 0.25) is 11.8 Å². The van der Waals surface area contributed by atoms with E-state index in [-0.39, 0.29) is 30.3 Å². The molecule has 6 heteroatoms. The van der Waals surface area contributed by atoms with E-state index in [1.54, 1.807) is 16.2 Å². The van der Waals surface area contributed by atoms with Gasteiger partial charge in [-0.15, -0.1) is 11.3 Å². The van der Waals surface area contributed by atoms with Crippen molar-refractivity contribution in [1.82, 2.24) is 9.80 Å². The normalized spacial score (nSPS) is 15.7. The first kappa shape index (κ1) is 26.3. The number of hydrogen-bond acceptors (Lipinski definition) is 4. The van der Waals surface area contributed by atoms with Crippen molar-refractivity contribution in [2.75, 3.05) is 26.2 Å². The van der Waals surface area contributed by atoms with Crippen molar-refractivity contribution >= 4 is 23.2 Å². The molecule has 0 spiro atoms. The fraction of sp³-hybridized carbons (Fsp3) is 0.571. The van der Waals surface area contributed by atoms with Crippen LogP contribution in [0.25, 0.3) is 0 Å². The Bertz CT molecular complexity index is 949. The van der Waals surface area contributed by atoms with Gasteiger partial charge in [0.05, 0.1) is 12.6 Å². The lowest BCUT2D eigenvalue weighted by Crippen LogP contribution is -2.48. The summed E-state index contributed by atoms with van der Waals surface area (Å²) in [6, 6.07) is 10.2. The maximum atomic E-state index is 13.5. The Balaban J connectivity index is 1.75. The molecular weight excluding hydrogens is 444 g/mol. The highest BCUT2D eigenvalue weighted by Gasteiger charge is 2.33. The molecule has 0 bridgehead atoms. The van der Waals surface area contributed by atoms with Gasteiger partial charge in [-0.25, -0.2) is 0 Å². The predicted molar refractivity (Wildman–Crippen MR) is 139 cm³/mol. The molecule has 0 N–H and O–H groups in total. The van der Waals surface area contributed by atoms with E-state index in [9.17, 15) is 9.59 Å². The highest BCUT2D eigenvalue weighted by atomic mass is 32.1. The van der Waals surface area contributed by atoms with E-state index in [0.717, 1.165) is 18.6 Å². The summed E-state index contributed by atoms with van der Waals surface area (Å²) >= 11 is 1.75. The summed E-state index contributed by atoms with van der Waals surface area (Å²) in [5, 5.41) is 2.10. The van der Waals surface area contributed by atoms with Crippen LogP contribution in [0.4, 0.5) is 0 Å². The third-order valence-corrected chi connectivity index (χ3v) is 7.47. The van der Waals surface area contributed by atoms with Gasteiger partial charge in [0, 0.05) is 23.9 Å². The molecular formula is C28H40N2O3S. The summed E-state index contributed by atoms with van der Waals surface area (Å²) in [5.41, 5.74) is 2.45. The van der Waals surface area contributed by atoms with Crippen molar-refractivity contribution in [3.05, 3.63) is 51.7 Å². The van der Waals surface area contributed by atoms with E-state index in [1.165, 1.54) is 16.0 Å². The lowest BCUT2D eigenvalue weighted by atomic mass is 10.00. The van der Waals surface area contributed by atoms with Gasteiger partial charge >= 0.3 is 0 Å². The van der Waals surface area contributed by atoms with Crippen molar-refractivity contribution in [1.29, 1.82) is 0 Å². The van der Waals surface area contributed by atoms with Crippen LogP contribution in [0.3, 0.4) is 0 Å². The van der Waals surface area contributed by atoms with Gasteiger partial charge in [-0.3, -0.25) is 9.59 Å². The number of benzene rings is 1. The minimum Gasteiger partial charge on any atom is -0.491 e. The Morgan fingerprint density at radius 2 is 1.79 bits per heavy atom. The lowest BCUT2D eigenvalue weighted by Gasteiger charge is -2.37. The lowest BCUT2D eigenvalue weighted by molar-refractivity contribution is -0.144. The Kier molecular flexibility index (Phi) is 9.17. The number of ether oxygens (including phenoxy) is 1. The molecule has 0 saturated heterocycles. The zero-order valence-corrected chi connectivity index (χ0v) is 22.4. The van der Waals surface area contributed by atoms with Gasteiger partial charge in [0.15, 0.2) is 0 Å². The largest absolute Gasteiger partial charge is 0.491 e. The number of nitrogens with zero attached hydrogens (tertiary/aromatic N) is 2. The van der Waals surface area contributed by atoms with Crippen LogP contribution in [-0.2, 0) is 16.0 Å². The number of carbonyl (C=O) groups is 2. The molecule has 34 heavy (non-hydrogen) atoms. The predicted octanol–water partition coefficient (Wildman–Crippen LogP) is 5.91. The molecule has 0 radical (unpaired) electrons. The number of thiophene rings is 1. The van der Waals surface area contributed by atoms with Crippen LogP contribution >= 0.6 is 11.3 Å². The molecule has 0 fully saturated rings. The second kappa shape index (κ2) is 11.9. The molecule has 2 aromatic rings. The Morgan fingerprint density at radius 1 is 1.09 bits per heavy atom. The number of rotatable bonds is 10. The van der Waals surface area contributed by atoms with E-state index < -0.39 is 0 Å². The van der Waals surface area contributed by atoms with Crippen molar-refractivity contribution in [3.63, 3.8) is 0 Å². The first-order valence-corrected chi connectivity index (χ1v) is 13.4. The zero-order valence-electron chi connectivity index (χ0n) is 21.5. The van der Waals surface area contributed by atoms with Crippen LogP contribution in [-0.4, -0.2) is 47.9 Å². The van der Waals surface area contributed by atoms with Gasteiger partial charge < -0.3 is 14.5 Å². The molecule has 5 nitrogen and oxygen atoms in total. The highest BCUT2D eigenvalue weighted by molar-refractivity contribution is 7.10. The highest BCUT2D eigenvalue weighted by Crippen LogP contribution is 2.34. The average Bonchev–Trinajstić information content (AvgIpc) is 3.28. The molecule has 1 aromatic carbocycles. The third kappa shape index (κ3) is 6.62. The Morgan fingerprint density at radius 3 is 2.41 bits per heavy atom. The standard InChI is InChI=1S/C28H40N2O3S/c1-19(2)11-14-29(28(32)21(5)6)17-27(31)30-15-12-26-24(13-16-34-26)25(30)18-33-23-9-7-22(8-10-23)20(3)4/h7-10,13,16,19-21,25H,11-12,14-15,17-18H2,1-6H3/t25-/m1/s1. The van der Waals surface area contributed by atoms with Gasteiger partial charge in [-0.05, 0) is 59.4 Å². The summed E-state index contributed by atoms with van der Waals surface area (Å²) in [6.07, 6.45) is 1.74. The van der Waals surface area contributed by atoms with Crippen LogP contribution in [0.2, 0.25) is 0 Å². The molecule has 2 heterocycles. The molecule has 0 aliphatic carbocycles. The van der Waals surface area contributed by atoms with E-state index in [0.29, 0.717) is 31.5 Å². The molecule has 1 aromatic heterocycles. The summed E-state index contributed by atoms with van der Waals surface area (Å²) in [6.45, 7) is 14.2. The molecule has 2 amide bonds. The second-order valence-corrected chi connectivity index (χ2v) is 11.3. The van der Waals surface area contributed by atoms with Crippen molar-refractivity contribution in [2.45, 2.75) is 66.3 Å². The number of hydrogen-bond donors (Lipinski definition) is 0.